The molecule has 0 spiro atoms. The third-order valence-corrected chi connectivity index (χ3v) is 2.57. The standard InChI is InChI=1S/C12H12ClNO/c1-7(2)12-11(15)6-8-5-9(13)3-4-10(8)14-12/h3-7,15H,1-2H3. The molecule has 78 valence electrons. The number of fused-ring (bicyclic) bond motifs is 1. The molecule has 15 heavy (non-hydrogen) atoms. The van der Waals surface area contributed by atoms with Gasteiger partial charge in [0.15, 0.2) is 0 Å². The van der Waals surface area contributed by atoms with Crippen molar-refractivity contribution in [2.24, 2.45) is 0 Å². The lowest BCUT2D eigenvalue weighted by atomic mass is 10.1. The van der Waals surface area contributed by atoms with E-state index >= 15 is 0 Å². The summed E-state index contributed by atoms with van der Waals surface area (Å²) in [5.74, 6) is 0.449. The summed E-state index contributed by atoms with van der Waals surface area (Å²) in [6.45, 7) is 4.01. The Morgan fingerprint density at radius 1 is 1.27 bits per heavy atom. The van der Waals surface area contributed by atoms with E-state index in [0.717, 1.165) is 16.6 Å². The molecule has 2 rings (SSSR count). The van der Waals surface area contributed by atoms with E-state index in [2.05, 4.69) is 4.98 Å². The molecule has 0 aliphatic carbocycles. The molecule has 0 saturated carbocycles. The van der Waals surface area contributed by atoms with Crippen molar-refractivity contribution in [3.05, 3.63) is 35.0 Å². The Morgan fingerprint density at radius 2 is 2.00 bits per heavy atom. The first-order valence-electron chi connectivity index (χ1n) is 4.87. The van der Waals surface area contributed by atoms with Crippen molar-refractivity contribution in [1.29, 1.82) is 0 Å². The SMILES string of the molecule is CC(C)c1nc2ccc(Cl)cc2cc1O. The van der Waals surface area contributed by atoms with Gasteiger partial charge in [-0.3, -0.25) is 0 Å². The van der Waals surface area contributed by atoms with Crippen LogP contribution in [-0.4, -0.2) is 10.1 Å². The number of pyridine rings is 1. The second-order valence-corrected chi connectivity index (χ2v) is 4.32. The van der Waals surface area contributed by atoms with Crippen LogP contribution in [0.5, 0.6) is 5.75 Å². The summed E-state index contributed by atoms with van der Waals surface area (Å²) in [4.78, 5) is 4.41. The van der Waals surface area contributed by atoms with Crippen LogP contribution in [0.2, 0.25) is 5.02 Å². The van der Waals surface area contributed by atoms with E-state index in [9.17, 15) is 5.11 Å². The van der Waals surface area contributed by atoms with Crippen LogP contribution < -0.4 is 0 Å². The minimum Gasteiger partial charge on any atom is -0.506 e. The van der Waals surface area contributed by atoms with Gasteiger partial charge >= 0.3 is 0 Å². The molecule has 3 heteroatoms. The third kappa shape index (κ3) is 1.90. The van der Waals surface area contributed by atoms with Crippen LogP contribution in [-0.2, 0) is 0 Å². The minimum atomic E-state index is 0.213. The summed E-state index contributed by atoms with van der Waals surface area (Å²) >= 11 is 5.86. The first-order chi connectivity index (χ1) is 7.08. The first-order valence-corrected chi connectivity index (χ1v) is 5.25. The number of hydrogen-bond acceptors (Lipinski definition) is 2. The highest BCUT2D eigenvalue weighted by atomic mass is 35.5. The second-order valence-electron chi connectivity index (χ2n) is 3.88. The maximum Gasteiger partial charge on any atom is 0.137 e. The molecule has 0 atom stereocenters. The monoisotopic (exact) mass is 221 g/mol. The summed E-state index contributed by atoms with van der Waals surface area (Å²) in [6, 6.07) is 7.18. The van der Waals surface area contributed by atoms with Gasteiger partial charge in [-0.05, 0) is 30.2 Å². The van der Waals surface area contributed by atoms with Crippen LogP contribution in [0.3, 0.4) is 0 Å². The maximum atomic E-state index is 9.76. The zero-order valence-corrected chi connectivity index (χ0v) is 9.42. The zero-order valence-electron chi connectivity index (χ0n) is 8.66. The summed E-state index contributed by atoms with van der Waals surface area (Å²) < 4.78 is 0. The van der Waals surface area contributed by atoms with Gasteiger partial charge < -0.3 is 5.11 Å². The number of rotatable bonds is 1. The summed E-state index contributed by atoms with van der Waals surface area (Å²) in [5.41, 5.74) is 1.59. The van der Waals surface area contributed by atoms with Gasteiger partial charge in [0.1, 0.15) is 5.75 Å². The average Bonchev–Trinajstić information content (AvgIpc) is 2.15. The number of aromatic hydroxyl groups is 1. The lowest BCUT2D eigenvalue weighted by Gasteiger charge is -2.08. The summed E-state index contributed by atoms with van der Waals surface area (Å²) in [5, 5.41) is 11.3. The number of hydrogen-bond donors (Lipinski definition) is 1. The normalized spacial score (nSPS) is 11.2. The van der Waals surface area contributed by atoms with Crippen molar-refractivity contribution in [3.63, 3.8) is 0 Å². The highest BCUT2D eigenvalue weighted by Crippen LogP contribution is 2.28. The van der Waals surface area contributed by atoms with Crippen LogP contribution >= 0.6 is 11.6 Å². The van der Waals surface area contributed by atoms with E-state index in [-0.39, 0.29) is 11.7 Å². The second kappa shape index (κ2) is 3.70. The van der Waals surface area contributed by atoms with Gasteiger partial charge in [0, 0.05) is 10.4 Å². The van der Waals surface area contributed by atoms with E-state index in [1.54, 1.807) is 18.2 Å². The van der Waals surface area contributed by atoms with E-state index in [0.29, 0.717) is 5.02 Å². The maximum absolute atomic E-state index is 9.76. The Kier molecular flexibility index (Phi) is 2.53. The van der Waals surface area contributed by atoms with Gasteiger partial charge in [0.2, 0.25) is 0 Å². The minimum absolute atomic E-state index is 0.213. The molecule has 1 aromatic carbocycles. The summed E-state index contributed by atoms with van der Waals surface area (Å²) in [7, 11) is 0. The van der Waals surface area contributed by atoms with Gasteiger partial charge in [-0.15, -0.1) is 0 Å². The van der Waals surface area contributed by atoms with Crippen LogP contribution in [0.1, 0.15) is 25.5 Å². The molecule has 0 radical (unpaired) electrons. The van der Waals surface area contributed by atoms with Gasteiger partial charge in [0.05, 0.1) is 11.2 Å². The van der Waals surface area contributed by atoms with Crippen molar-refractivity contribution < 1.29 is 5.11 Å². The molecule has 2 nitrogen and oxygen atoms in total. The van der Waals surface area contributed by atoms with Crippen LogP contribution in [0.4, 0.5) is 0 Å². The molecular formula is C12H12ClNO. The number of aromatic nitrogens is 1. The average molecular weight is 222 g/mol. The highest BCUT2D eigenvalue weighted by molar-refractivity contribution is 6.31. The van der Waals surface area contributed by atoms with Crippen molar-refractivity contribution in [2.45, 2.75) is 19.8 Å². The van der Waals surface area contributed by atoms with Gasteiger partial charge in [-0.2, -0.15) is 0 Å². The Hall–Kier alpha value is -1.28. The Balaban J connectivity index is 2.71. The molecule has 0 bridgehead atoms. The number of halogens is 1. The smallest absolute Gasteiger partial charge is 0.137 e. The molecule has 0 amide bonds. The quantitative estimate of drug-likeness (QED) is 0.796. The Labute approximate surface area is 93.5 Å². The molecular weight excluding hydrogens is 210 g/mol. The van der Waals surface area contributed by atoms with Crippen molar-refractivity contribution in [2.75, 3.05) is 0 Å². The van der Waals surface area contributed by atoms with E-state index < -0.39 is 0 Å². The lowest BCUT2D eigenvalue weighted by molar-refractivity contribution is 0.461. The van der Waals surface area contributed by atoms with Gasteiger partial charge in [-0.1, -0.05) is 25.4 Å². The fraction of sp³-hybridized carbons (Fsp3) is 0.250. The molecule has 1 heterocycles. The van der Waals surface area contributed by atoms with Crippen LogP contribution in [0.15, 0.2) is 24.3 Å². The van der Waals surface area contributed by atoms with Gasteiger partial charge in [0.25, 0.3) is 0 Å². The number of benzene rings is 1. The molecule has 0 saturated heterocycles. The third-order valence-electron chi connectivity index (χ3n) is 2.33. The lowest BCUT2D eigenvalue weighted by Crippen LogP contribution is -1.93. The van der Waals surface area contributed by atoms with Crippen molar-refractivity contribution in [1.82, 2.24) is 4.98 Å². The van der Waals surface area contributed by atoms with Crippen molar-refractivity contribution in [3.8, 4) is 5.75 Å². The number of nitrogens with zero attached hydrogens (tertiary/aromatic N) is 1. The Bertz CT molecular complexity index is 508. The van der Waals surface area contributed by atoms with E-state index in [1.165, 1.54) is 0 Å². The van der Waals surface area contributed by atoms with Crippen LogP contribution in [0, 0.1) is 0 Å². The molecule has 0 aliphatic heterocycles. The largest absolute Gasteiger partial charge is 0.506 e. The molecule has 2 aromatic rings. The zero-order chi connectivity index (χ0) is 11.0. The van der Waals surface area contributed by atoms with Gasteiger partial charge in [-0.25, -0.2) is 4.98 Å². The predicted molar refractivity (Wildman–Crippen MR) is 62.5 cm³/mol. The predicted octanol–water partition coefficient (Wildman–Crippen LogP) is 3.72. The fourth-order valence-electron chi connectivity index (χ4n) is 1.58. The van der Waals surface area contributed by atoms with Crippen molar-refractivity contribution >= 4 is 22.5 Å². The highest BCUT2D eigenvalue weighted by Gasteiger charge is 2.09. The summed E-state index contributed by atoms with van der Waals surface area (Å²) in [6.07, 6.45) is 0. The topological polar surface area (TPSA) is 33.1 Å². The molecule has 1 N–H and O–H groups in total. The van der Waals surface area contributed by atoms with E-state index in [1.807, 2.05) is 19.9 Å². The molecule has 0 aliphatic rings. The Morgan fingerprint density at radius 3 is 2.67 bits per heavy atom. The molecule has 1 aromatic heterocycles. The first kappa shape index (κ1) is 10.2. The molecule has 0 fully saturated rings. The molecule has 0 unspecified atom stereocenters. The fourth-order valence-corrected chi connectivity index (χ4v) is 1.76. The van der Waals surface area contributed by atoms with E-state index in [4.69, 9.17) is 11.6 Å². The van der Waals surface area contributed by atoms with Crippen LogP contribution in [0.25, 0.3) is 10.9 Å².